The summed E-state index contributed by atoms with van der Waals surface area (Å²) in [5, 5.41) is 11.8. The van der Waals surface area contributed by atoms with Gasteiger partial charge in [-0.25, -0.2) is 0 Å². The average Bonchev–Trinajstić information content (AvgIpc) is 3.68. The molecule has 0 atom stereocenters. The van der Waals surface area contributed by atoms with E-state index in [1.54, 1.807) is 20.7 Å². The standard InChI is InChI=1S/C47H62Si4.2CH3.Hf/c1-15-22-47(2,37-23-33-18-16-20-43(45(33)29-37)35-25-39(48(3,4)5)31-40(26-35)49(6,7)8)38-24-34-19-17-21-44(46(34)30-38)36-27-41(50(9,10)11)32-42(28-36)51(12,13)14;;;/h16-21,23-32H,15,22H2,1-14H3;2*1H3;/q-2;2*-1;+4. The Kier molecular flexibility index (Phi) is 14.0. The van der Waals surface area contributed by atoms with Gasteiger partial charge in [0.2, 0.25) is 0 Å². The average molecular weight is 948 g/mol. The van der Waals surface area contributed by atoms with E-state index in [4.69, 9.17) is 0 Å². The van der Waals surface area contributed by atoms with E-state index in [1.807, 2.05) is 0 Å². The largest absolute Gasteiger partial charge is 4.00 e. The molecule has 5 heteroatoms. The van der Waals surface area contributed by atoms with Gasteiger partial charge in [-0.2, -0.15) is 12.1 Å². The fraction of sp³-hybridized carbons (Fsp3) is 0.347. The van der Waals surface area contributed by atoms with Gasteiger partial charge >= 0.3 is 25.8 Å². The van der Waals surface area contributed by atoms with Crippen LogP contribution in [0.2, 0.25) is 78.6 Å². The quantitative estimate of drug-likeness (QED) is 0.0948. The monoisotopic (exact) mass is 948 g/mol. The molecule has 0 N–H and O–H groups in total. The molecule has 0 aliphatic rings. The molecule has 0 bridgehead atoms. The number of benzene rings is 4. The van der Waals surface area contributed by atoms with Crippen molar-refractivity contribution in [2.24, 2.45) is 0 Å². The molecule has 0 aliphatic heterocycles. The van der Waals surface area contributed by atoms with Crippen LogP contribution in [0.4, 0.5) is 0 Å². The van der Waals surface area contributed by atoms with Crippen molar-refractivity contribution in [1.29, 1.82) is 0 Å². The molecule has 0 amide bonds. The molecule has 0 spiro atoms. The van der Waals surface area contributed by atoms with E-state index >= 15 is 0 Å². The van der Waals surface area contributed by atoms with Gasteiger partial charge in [-0.05, 0) is 23.0 Å². The van der Waals surface area contributed by atoms with Crippen molar-refractivity contribution < 1.29 is 25.8 Å². The summed E-state index contributed by atoms with van der Waals surface area (Å²) in [4.78, 5) is 0. The number of rotatable bonds is 10. The van der Waals surface area contributed by atoms with Crippen LogP contribution < -0.4 is 20.7 Å². The van der Waals surface area contributed by atoms with E-state index in [9.17, 15) is 0 Å². The van der Waals surface area contributed by atoms with Gasteiger partial charge in [0.05, 0.1) is 32.3 Å². The minimum absolute atomic E-state index is 0. The van der Waals surface area contributed by atoms with Gasteiger partial charge in [-0.15, -0.1) is 69.1 Å². The summed E-state index contributed by atoms with van der Waals surface area (Å²) in [6.45, 7) is 34.7. The van der Waals surface area contributed by atoms with E-state index < -0.39 is 32.3 Å². The first-order valence-corrected chi connectivity index (χ1v) is 33.3. The Morgan fingerprint density at radius 2 is 0.796 bits per heavy atom. The Labute approximate surface area is 353 Å². The summed E-state index contributed by atoms with van der Waals surface area (Å²) in [6.07, 6.45) is 2.25. The molecule has 6 rings (SSSR count). The van der Waals surface area contributed by atoms with Gasteiger partial charge < -0.3 is 14.9 Å². The molecule has 54 heavy (non-hydrogen) atoms. The normalized spacial score (nSPS) is 12.7. The number of hydrogen-bond acceptors (Lipinski definition) is 0. The first-order chi connectivity index (χ1) is 23.6. The molecule has 284 valence electrons. The summed E-state index contributed by atoms with van der Waals surface area (Å²) in [7, 11) is -6.00. The molecule has 0 aromatic heterocycles. The van der Waals surface area contributed by atoms with E-state index in [1.165, 1.54) is 54.9 Å². The summed E-state index contributed by atoms with van der Waals surface area (Å²) in [5.41, 5.74) is 8.35. The molecule has 0 aliphatic carbocycles. The fourth-order valence-electron chi connectivity index (χ4n) is 7.86. The van der Waals surface area contributed by atoms with Gasteiger partial charge in [-0.1, -0.05) is 179 Å². The van der Waals surface area contributed by atoms with Crippen LogP contribution in [0, 0.1) is 14.9 Å². The molecule has 0 fully saturated rings. The second-order valence-electron chi connectivity index (χ2n) is 19.8. The predicted molar refractivity (Wildman–Crippen MR) is 256 cm³/mol. The minimum atomic E-state index is -1.50. The van der Waals surface area contributed by atoms with Gasteiger partial charge in [0.1, 0.15) is 0 Å². The summed E-state index contributed by atoms with van der Waals surface area (Å²) in [6, 6.07) is 39.3. The Morgan fingerprint density at radius 1 is 0.481 bits per heavy atom. The zero-order valence-corrected chi connectivity index (χ0v) is 44.2. The zero-order valence-electron chi connectivity index (χ0n) is 36.7. The second kappa shape index (κ2) is 16.4. The van der Waals surface area contributed by atoms with Crippen molar-refractivity contribution >= 4 is 74.6 Å². The smallest absolute Gasteiger partial charge is 0.358 e. The molecule has 0 radical (unpaired) electrons. The van der Waals surface area contributed by atoms with Crippen LogP contribution >= 0.6 is 0 Å². The van der Waals surface area contributed by atoms with Crippen molar-refractivity contribution in [1.82, 2.24) is 0 Å². The Bertz CT molecular complexity index is 2000. The van der Waals surface area contributed by atoms with E-state index in [0.717, 1.165) is 12.8 Å². The van der Waals surface area contributed by atoms with Crippen LogP contribution in [-0.2, 0) is 31.3 Å². The second-order valence-corrected chi connectivity index (χ2v) is 40.1. The molecular weight excluding hydrogens is 879 g/mol. The number of fused-ring (bicyclic) bond motifs is 2. The molecule has 0 saturated carbocycles. The van der Waals surface area contributed by atoms with Crippen molar-refractivity contribution in [3.63, 3.8) is 0 Å². The Morgan fingerprint density at radius 3 is 1.07 bits per heavy atom. The molecule has 6 aromatic rings. The van der Waals surface area contributed by atoms with E-state index in [0.29, 0.717) is 0 Å². The van der Waals surface area contributed by atoms with Crippen LogP contribution in [0.3, 0.4) is 0 Å². The number of hydrogen-bond donors (Lipinski definition) is 0. The van der Waals surface area contributed by atoms with Crippen molar-refractivity contribution in [3.8, 4) is 22.3 Å². The first-order valence-electron chi connectivity index (χ1n) is 19.3. The third-order valence-electron chi connectivity index (χ3n) is 11.5. The third kappa shape index (κ3) is 9.17. The topological polar surface area (TPSA) is 0 Å². The van der Waals surface area contributed by atoms with Crippen molar-refractivity contribution in [3.05, 3.63) is 123 Å². The van der Waals surface area contributed by atoms with Crippen molar-refractivity contribution in [2.75, 3.05) is 0 Å². The maximum atomic E-state index is 2.55. The maximum absolute atomic E-state index is 2.55. The van der Waals surface area contributed by atoms with E-state index in [-0.39, 0.29) is 46.1 Å². The maximum Gasteiger partial charge on any atom is 4.00 e. The summed E-state index contributed by atoms with van der Waals surface area (Å²) < 4.78 is 0. The third-order valence-corrected chi connectivity index (χ3v) is 19.6. The van der Waals surface area contributed by atoms with Crippen LogP contribution in [-0.4, -0.2) is 32.3 Å². The van der Waals surface area contributed by atoms with Crippen LogP contribution in [0.1, 0.15) is 37.8 Å². The van der Waals surface area contributed by atoms with Crippen molar-refractivity contribution in [2.45, 2.75) is 111 Å². The molecule has 6 aromatic carbocycles. The molecule has 0 heterocycles. The van der Waals surface area contributed by atoms with Gasteiger partial charge in [0.15, 0.2) is 0 Å². The summed E-state index contributed by atoms with van der Waals surface area (Å²) in [5.74, 6) is 0. The molecule has 0 saturated heterocycles. The molecule has 0 nitrogen and oxygen atoms in total. The first kappa shape index (κ1) is 46.2. The predicted octanol–water partition coefficient (Wildman–Crippen LogP) is 12.9. The van der Waals surface area contributed by atoms with Crippen LogP contribution in [0.15, 0.2) is 97.1 Å². The Balaban J connectivity index is 0.00000261. The summed E-state index contributed by atoms with van der Waals surface area (Å²) >= 11 is 0. The Hall–Kier alpha value is -2.16. The van der Waals surface area contributed by atoms with Gasteiger partial charge in [0, 0.05) is 0 Å². The SMILES string of the molecule is CCCC(C)(c1cc2c(-c3cc([Si](C)(C)C)cc([Si](C)(C)C)c3)cccc2[cH-]1)c1cc2c(-c3cc([Si](C)(C)C)cc([Si](C)(C)C)c3)cccc2[cH-]1.[CH3-].[CH3-].[Hf+4]. The fourth-order valence-corrected chi connectivity index (χ4v) is 12.9. The van der Waals surface area contributed by atoms with Gasteiger partial charge in [0.25, 0.3) is 0 Å². The van der Waals surface area contributed by atoms with Crippen LogP contribution in [0.5, 0.6) is 0 Å². The van der Waals surface area contributed by atoms with Gasteiger partial charge in [-0.3, -0.25) is 0 Å². The minimum Gasteiger partial charge on any atom is -0.358 e. The zero-order chi connectivity index (χ0) is 37.3. The van der Waals surface area contributed by atoms with E-state index in [2.05, 4.69) is 189 Å². The molecule has 0 unspecified atom stereocenters. The molecular formula is C49H68HfSi4. The van der Waals surface area contributed by atoms with Crippen LogP contribution in [0.25, 0.3) is 43.8 Å².